The molecule has 1 amide bonds. The van der Waals surface area contributed by atoms with Crippen LogP contribution in [0.5, 0.6) is 0 Å². The summed E-state index contributed by atoms with van der Waals surface area (Å²) in [6.45, 7) is 3.43. The highest BCUT2D eigenvalue weighted by Crippen LogP contribution is 2.24. The van der Waals surface area contributed by atoms with Crippen LogP contribution in [0.2, 0.25) is 0 Å². The summed E-state index contributed by atoms with van der Waals surface area (Å²) in [6, 6.07) is 7.97. The van der Waals surface area contributed by atoms with Crippen molar-refractivity contribution in [2.45, 2.75) is 36.5 Å². The number of aromatic nitrogens is 1. The number of nitrogens with zero attached hydrogens (tertiary/aromatic N) is 3. The van der Waals surface area contributed by atoms with Crippen LogP contribution in [-0.2, 0) is 24.8 Å². The number of nitrogens with one attached hydrogen (secondary N) is 1. The van der Waals surface area contributed by atoms with E-state index in [2.05, 4.69) is 10.5 Å². The Labute approximate surface area is 182 Å². The summed E-state index contributed by atoms with van der Waals surface area (Å²) in [5.74, 6) is -0.158. The predicted octanol–water partition coefficient (Wildman–Crippen LogP) is 0.883. The topological polar surface area (TPSA) is 130 Å². The van der Waals surface area contributed by atoms with Crippen LogP contribution in [-0.4, -0.2) is 69.2 Å². The number of carbonyl (C=O) groups excluding carboxylic acids is 1. The van der Waals surface area contributed by atoms with Crippen molar-refractivity contribution in [3.63, 3.8) is 0 Å². The highest BCUT2D eigenvalue weighted by atomic mass is 32.2. The zero-order chi connectivity index (χ0) is 22.6. The number of hydrogen-bond acceptors (Lipinski definition) is 7. The van der Waals surface area contributed by atoms with E-state index >= 15 is 0 Å². The number of rotatable bonds is 4. The van der Waals surface area contributed by atoms with E-state index in [1.54, 1.807) is 25.1 Å². The van der Waals surface area contributed by atoms with Crippen molar-refractivity contribution in [2.24, 2.45) is 0 Å². The largest absolute Gasteiger partial charge is 0.360 e. The van der Waals surface area contributed by atoms with Crippen LogP contribution in [0.25, 0.3) is 0 Å². The van der Waals surface area contributed by atoms with Crippen molar-refractivity contribution in [3.8, 4) is 0 Å². The SMILES string of the molecule is Cc1noc(C)c1S(=O)(=O)N1CCCN(S(=O)(=O)c2ccccc2)CCC(=O)NCC1. The van der Waals surface area contributed by atoms with Gasteiger partial charge >= 0.3 is 0 Å². The van der Waals surface area contributed by atoms with Gasteiger partial charge in [-0.1, -0.05) is 23.4 Å². The number of benzene rings is 1. The molecule has 1 fully saturated rings. The average molecular weight is 471 g/mol. The minimum absolute atomic E-state index is 0.00228. The number of sulfonamides is 2. The average Bonchev–Trinajstić information content (AvgIpc) is 3.05. The van der Waals surface area contributed by atoms with Gasteiger partial charge in [0.05, 0.1) is 4.90 Å². The lowest BCUT2D eigenvalue weighted by molar-refractivity contribution is -0.121. The van der Waals surface area contributed by atoms with E-state index in [1.807, 2.05) is 0 Å². The van der Waals surface area contributed by atoms with Crippen LogP contribution in [0.1, 0.15) is 24.3 Å². The molecule has 0 unspecified atom stereocenters. The van der Waals surface area contributed by atoms with E-state index in [0.717, 1.165) is 0 Å². The van der Waals surface area contributed by atoms with Crippen LogP contribution in [0, 0.1) is 13.8 Å². The molecule has 31 heavy (non-hydrogen) atoms. The van der Waals surface area contributed by atoms with Gasteiger partial charge in [-0.3, -0.25) is 4.79 Å². The molecule has 1 saturated heterocycles. The molecule has 2 aromatic rings. The lowest BCUT2D eigenvalue weighted by Gasteiger charge is -2.24. The second-order valence-electron chi connectivity index (χ2n) is 7.23. The van der Waals surface area contributed by atoms with Crippen molar-refractivity contribution in [3.05, 3.63) is 41.8 Å². The second-order valence-corrected chi connectivity index (χ2v) is 11.0. The first kappa shape index (κ1) is 23.4. The summed E-state index contributed by atoms with van der Waals surface area (Å²) in [5.41, 5.74) is 0.254. The summed E-state index contributed by atoms with van der Waals surface area (Å²) in [5, 5.41) is 6.38. The number of aryl methyl sites for hydroxylation is 2. The van der Waals surface area contributed by atoms with Crippen molar-refractivity contribution in [1.82, 2.24) is 19.1 Å². The van der Waals surface area contributed by atoms with Crippen molar-refractivity contribution >= 4 is 26.0 Å². The Kier molecular flexibility index (Phi) is 7.14. The maximum absolute atomic E-state index is 13.2. The fraction of sp³-hybridized carbons (Fsp3) is 0.474. The Morgan fingerprint density at radius 2 is 1.58 bits per heavy atom. The molecule has 1 aliphatic heterocycles. The lowest BCUT2D eigenvalue weighted by atomic mass is 10.3. The molecule has 2 heterocycles. The van der Waals surface area contributed by atoms with E-state index in [1.165, 1.54) is 27.7 Å². The summed E-state index contributed by atoms with van der Waals surface area (Å²) in [6.07, 6.45) is 0.255. The van der Waals surface area contributed by atoms with Crippen molar-refractivity contribution in [2.75, 3.05) is 32.7 Å². The van der Waals surface area contributed by atoms with Crippen LogP contribution in [0.3, 0.4) is 0 Å². The predicted molar refractivity (Wildman–Crippen MR) is 112 cm³/mol. The molecule has 1 aromatic heterocycles. The van der Waals surface area contributed by atoms with Crippen LogP contribution < -0.4 is 5.32 Å². The molecule has 170 valence electrons. The van der Waals surface area contributed by atoms with E-state index in [-0.39, 0.29) is 72.7 Å². The van der Waals surface area contributed by atoms with Crippen molar-refractivity contribution < 1.29 is 26.2 Å². The van der Waals surface area contributed by atoms with Gasteiger partial charge in [0.1, 0.15) is 10.6 Å². The molecule has 10 nitrogen and oxygen atoms in total. The maximum atomic E-state index is 13.2. The van der Waals surface area contributed by atoms with Gasteiger partial charge in [-0.05, 0) is 32.4 Å². The third-order valence-electron chi connectivity index (χ3n) is 5.03. The first-order valence-electron chi connectivity index (χ1n) is 9.89. The smallest absolute Gasteiger partial charge is 0.248 e. The minimum atomic E-state index is -3.92. The standard InChI is InChI=1S/C19H26N4O6S2/c1-15-19(16(2)29-21-15)31(27,28)23-12-6-11-22(13-9-18(24)20-10-14-23)30(25,26)17-7-4-3-5-8-17/h3-5,7-8H,6,9-14H2,1-2H3,(H,20,24). The van der Waals surface area contributed by atoms with E-state index < -0.39 is 20.0 Å². The molecule has 0 saturated carbocycles. The Morgan fingerprint density at radius 3 is 2.19 bits per heavy atom. The minimum Gasteiger partial charge on any atom is -0.360 e. The van der Waals surface area contributed by atoms with E-state index in [4.69, 9.17) is 4.52 Å². The molecule has 3 rings (SSSR count). The molecule has 12 heteroatoms. The van der Waals surface area contributed by atoms with Gasteiger partial charge in [0.2, 0.25) is 26.0 Å². The first-order chi connectivity index (χ1) is 14.6. The third-order valence-corrected chi connectivity index (χ3v) is 9.09. The zero-order valence-corrected chi connectivity index (χ0v) is 19.1. The molecular weight excluding hydrogens is 444 g/mol. The van der Waals surface area contributed by atoms with Gasteiger partial charge in [-0.25, -0.2) is 16.8 Å². The van der Waals surface area contributed by atoms with Gasteiger partial charge in [0.15, 0.2) is 5.76 Å². The van der Waals surface area contributed by atoms with Gasteiger partial charge in [-0.2, -0.15) is 8.61 Å². The molecule has 1 N–H and O–H groups in total. The molecular formula is C19H26N4O6S2. The first-order valence-corrected chi connectivity index (χ1v) is 12.8. The molecule has 1 aromatic carbocycles. The van der Waals surface area contributed by atoms with E-state index in [0.29, 0.717) is 0 Å². The van der Waals surface area contributed by atoms with Gasteiger partial charge in [0.25, 0.3) is 0 Å². The maximum Gasteiger partial charge on any atom is 0.248 e. The fourth-order valence-electron chi connectivity index (χ4n) is 3.48. The Morgan fingerprint density at radius 1 is 0.935 bits per heavy atom. The monoisotopic (exact) mass is 470 g/mol. The van der Waals surface area contributed by atoms with Gasteiger partial charge in [0, 0.05) is 39.1 Å². The lowest BCUT2D eigenvalue weighted by Crippen LogP contribution is -2.39. The van der Waals surface area contributed by atoms with Crippen LogP contribution >= 0.6 is 0 Å². The summed E-state index contributed by atoms with van der Waals surface area (Å²) < 4.78 is 60.0. The number of amides is 1. The van der Waals surface area contributed by atoms with Crippen molar-refractivity contribution in [1.29, 1.82) is 0 Å². The second kappa shape index (κ2) is 9.47. The zero-order valence-electron chi connectivity index (χ0n) is 17.4. The molecule has 0 atom stereocenters. The van der Waals surface area contributed by atoms with Gasteiger partial charge in [-0.15, -0.1) is 0 Å². The van der Waals surface area contributed by atoms with E-state index in [9.17, 15) is 21.6 Å². The summed E-state index contributed by atoms with van der Waals surface area (Å²) in [4.78, 5) is 12.3. The number of hydrogen-bond donors (Lipinski definition) is 1. The third kappa shape index (κ3) is 5.14. The number of carbonyl (C=O) groups is 1. The summed E-state index contributed by atoms with van der Waals surface area (Å²) >= 11 is 0. The summed E-state index contributed by atoms with van der Waals surface area (Å²) in [7, 11) is -7.74. The Balaban J connectivity index is 1.86. The molecule has 1 aliphatic rings. The normalized spacial score (nSPS) is 18.3. The molecule has 0 aliphatic carbocycles. The quantitative estimate of drug-likeness (QED) is 0.702. The van der Waals surface area contributed by atoms with Gasteiger partial charge < -0.3 is 9.84 Å². The molecule has 0 bridgehead atoms. The highest BCUT2D eigenvalue weighted by Gasteiger charge is 2.32. The Bertz CT molecular complexity index is 1110. The fourth-order valence-corrected chi connectivity index (χ4v) is 6.75. The molecule has 0 spiro atoms. The molecule has 0 radical (unpaired) electrons. The van der Waals surface area contributed by atoms with Crippen LogP contribution in [0.15, 0.2) is 44.6 Å². The van der Waals surface area contributed by atoms with Crippen LogP contribution in [0.4, 0.5) is 0 Å². The Hall–Kier alpha value is -2.28. The highest BCUT2D eigenvalue weighted by molar-refractivity contribution is 7.89.